The van der Waals surface area contributed by atoms with Gasteiger partial charge in [0.2, 0.25) is 0 Å². The fourth-order valence-corrected chi connectivity index (χ4v) is 6.99. The summed E-state index contributed by atoms with van der Waals surface area (Å²) in [6.45, 7) is 2.25. The van der Waals surface area contributed by atoms with E-state index >= 15 is 0 Å². The first-order valence-corrected chi connectivity index (χ1v) is 18.7. The number of rotatable bonds is 9. The number of alkyl halides is 6. The van der Waals surface area contributed by atoms with Crippen LogP contribution in [0.4, 0.5) is 26.3 Å². The van der Waals surface area contributed by atoms with Gasteiger partial charge in [-0.3, -0.25) is 28.0 Å². The third-order valence-electron chi connectivity index (χ3n) is 9.86. The molecule has 0 saturated carbocycles. The van der Waals surface area contributed by atoms with Crippen molar-refractivity contribution in [3.8, 4) is 0 Å². The lowest BCUT2D eigenvalue weighted by molar-refractivity contribution is -0.858. The van der Waals surface area contributed by atoms with E-state index < -0.39 is 24.3 Å². The molecule has 324 valence electrons. The number of imidazole rings is 2. The van der Waals surface area contributed by atoms with Crippen LogP contribution in [0.2, 0.25) is 0 Å². The van der Waals surface area contributed by atoms with Gasteiger partial charge < -0.3 is 34.9 Å². The first kappa shape index (κ1) is 44.5. The second-order valence-corrected chi connectivity index (χ2v) is 14.9. The van der Waals surface area contributed by atoms with Crippen molar-refractivity contribution in [1.82, 2.24) is 24.1 Å². The molecule has 15 nitrogen and oxygen atoms in total. The normalized spacial score (nSPS) is 12.2. The van der Waals surface area contributed by atoms with Gasteiger partial charge in [0.1, 0.15) is 23.2 Å². The van der Waals surface area contributed by atoms with E-state index in [-0.39, 0.29) is 22.8 Å². The monoisotopic (exact) mass is 867 g/mol. The number of carbonyl (C=O) groups excluding carboxylic acids is 4. The van der Waals surface area contributed by atoms with Crippen LogP contribution in [0.3, 0.4) is 0 Å². The van der Waals surface area contributed by atoms with Crippen LogP contribution in [0, 0.1) is 0 Å². The van der Waals surface area contributed by atoms with Crippen LogP contribution in [0.5, 0.6) is 0 Å². The molecule has 0 radical (unpaired) electrons. The number of nitrogens with zero attached hydrogens (tertiary/aromatic N) is 4. The summed E-state index contributed by atoms with van der Waals surface area (Å²) in [5.74, 6) is -6.16. The van der Waals surface area contributed by atoms with Crippen LogP contribution < -0.4 is 36.4 Å². The van der Waals surface area contributed by atoms with Crippen molar-refractivity contribution >= 4 is 89.3 Å². The maximum atomic E-state index is 14.1. The molecule has 8 rings (SSSR count). The number of pyridine rings is 2. The molecule has 3 N–H and O–H groups in total. The molecule has 0 aliphatic rings. The van der Waals surface area contributed by atoms with E-state index in [1.54, 1.807) is 57.3 Å². The number of likely N-dealkylation sites (N-methyl/N-ethyl adjacent to an activating group) is 1. The maximum Gasteiger partial charge on any atom is 0.430 e. The predicted octanol–water partition coefficient (Wildman–Crippen LogP) is -0.0771. The molecule has 0 aliphatic heterocycles. The molecule has 1 amide bonds. The predicted molar refractivity (Wildman–Crippen MR) is 210 cm³/mol. The van der Waals surface area contributed by atoms with E-state index in [1.807, 2.05) is 26.2 Å². The zero-order valence-corrected chi connectivity index (χ0v) is 33.1. The lowest BCUT2D eigenvalue weighted by atomic mass is 9.96. The molecule has 62 heavy (non-hydrogen) atoms. The Morgan fingerprint density at radius 3 is 1.45 bits per heavy atom. The fourth-order valence-electron chi connectivity index (χ4n) is 6.99. The number of hydrogen-bond acceptors (Lipinski definition) is 10. The molecular formula is C41H35F6N7O8. The number of amides is 1. The zero-order valence-electron chi connectivity index (χ0n) is 33.1. The third kappa shape index (κ3) is 8.61. The summed E-state index contributed by atoms with van der Waals surface area (Å²) >= 11 is 0. The van der Waals surface area contributed by atoms with Crippen LogP contribution in [-0.2, 0) is 9.59 Å². The number of aliphatic carboxylic acids is 2. The Kier molecular flexibility index (Phi) is 12.1. The van der Waals surface area contributed by atoms with Crippen molar-refractivity contribution in [2.45, 2.75) is 25.2 Å². The second-order valence-electron chi connectivity index (χ2n) is 14.9. The number of nitrogens with one attached hydrogen (secondary N) is 3. The Labute approximate surface area is 344 Å². The standard InChI is InChI=1S/C37H33N7O4.2C2HF3O2/c1-41(2)16-5-6-30(45)20-7-13-28-26(18-20)39-33-22-9-11-25-32-23(10-12-24(31(22)32)36(47)43(28)33)34-40-27-19-21(35(46)38-15-17-42(3)4)8-14-29(27)44(34)37(25)48;2*3-2(4,5)1(6)7/h7-14,18-19H,5-6,15-17H2,1-4H3,(H,38,46);2*(H,6,7). The number of carboxylic acid groups (broad SMARTS) is 2. The number of hydrogen-bond donors (Lipinski definition) is 3. The van der Waals surface area contributed by atoms with Crippen molar-refractivity contribution in [3.63, 3.8) is 0 Å². The highest BCUT2D eigenvalue weighted by atomic mass is 19.4. The molecule has 0 aliphatic carbocycles. The lowest BCUT2D eigenvalue weighted by Crippen LogP contribution is -3.06. The van der Waals surface area contributed by atoms with Gasteiger partial charge in [-0.1, -0.05) is 0 Å². The van der Waals surface area contributed by atoms with Gasteiger partial charge in [-0.25, -0.2) is 9.97 Å². The fraction of sp³-hybridized carbons (Fsp3) is 0.268. The van der Waals surface area contributed by atoms with Gasteiger partial charge >= 0.3 is 12.4 Å². The summed E-state index contributed by atoms with van der Waals surface area (Å²) in [6.07, 6.45) is -9.15. The van der Waals surface area contributed by atoms with Gasteiger partial charge in [0.05, 0.1) is 69.9 Å². The van der Waals surface area contributed by atoms with E-state index in [1.165, 1.54) is 9.80 Å². The molecule has 4 heterocycles. The first-order valence-electron chi connectivity index (χ1n) is 18.7. The Bertz CT molecular complexity index is 2970. The molecule has 0 saturated heterocycles. The number of Topliss-reactive ketones (excluding diaryl/α,β-unsaturated/α-hetero) is 1. The van der Waals surface area contributed by atoms with Crippen molar-refractivity contribution < 1.29 is 65.5 Å². The molecule has 0 spiro atoms. The molecule has 4 aromatic heterocycles. The molecule has 0 unspecified atom stereocenters. The van der Waals surface area contributed by atoms with E-state index in [4.69, 9.17) is 29.8 Å². The topological polar surface area (TPSA) is 204 Å². The smallest absolute Gasteiger partial charge is 0.430 e. The first-order chi connectivity index (χ1) is 29.0. The molecule has 0 fully saturated rings. The number of fused-ring (bicyclic) bond motifs is 8. The number of benzene rings is 4. The number of carbonyl (C=O) groups is 4. The number of ketones is 1. The van der Waals surface area contributed by atoms with Crippen molar-refractivity contribution in [2.75, 3.05) is 47.8 Å². The quantitative estimate of drug-likeness (QED) is 0.100. The van der Waals surface area contributed by atoms with Crippen LogP contribution in [0.25, 0.3) is 65.7 Å². The Balaban J connectivity index is 0.000000397. The minimum absolute atomic E-state index is 0.0524. The largest absolute Gasteiger partial charge is 0.542 e. The van der Waals surface area contributed by atoms with Crippen LogP contribution in [0.15, 0.2) is 70.3 Å². The Hall–Kier alpha value is -7.00. The number of carboxylic acids is 2. The number of quaternary nitrogens is 2. The van der Waals surface area contributed by atoms with Gasteiger partial charge in [-0.2, -0.15) is 26.3 Å². The highest BCUT2D eigenvalue weighted by molar-refractivity contribution is 6.28. The SMILES string of the molecule is C[NH+](C)CCCC(=O)c1ccc2c(c1)nc1c3ccc4c(=O)n5c6ccc(C(=O)NCC[NH+](C)C)cc6nc5c5ccc(c(=O)n21)c3c45.O=C([O-])C(F)(F)F.O=C([O-])C(F)(F)F. The molecule has 4 aromatic carbocycles. The minimum Gasteiger partial charge on any atom is -0.542 e. The van der Waals surface area contributed by atoms with Gasteiger partial charge in [0.25, 0.3) is 17.0 Å². The van der Waals surface area contributed by atoms with Gasteiger partial charge in [0, 0.05) is 56.3 Å². The van der Waals surface area contributed by atoms with Crippen molar-refractivity contribution in [2.24, 2.45) is 0 Å². The van der Waals surface area contributed by atoms with Gasteiger partial charge in [-0.15, -0.1) is 0 Å². The summed E-state index contributed by atoms with van der Waals surface area (Å²) in [5.41, 5.74) is 3.84. The van der Waals surface area contributed by atoms with Crippen molar-refractivity contribution in [3.05, 3.63) is 92.5 Å². The second kappa shape index (κ2) is 16.8. The van der Waals surface area contributed by atoms with E-state index in [9.17, 15) is 45.5 Å². The van der Waals surface area contributed by atoms with Gasteiger partial charge in [0.15, 0.2) is 5.78 Å². The summed E-state index contributed by atoms with van der Waals surface area (Å²) in [6, 6.07) is 17.8. The maximum absolute atomic E-state index is 14.1. The average molecular weight is 868 g/mol. The van der Waals surface area contributed by atoms with Crippen molar-refractivity contribution in [1.29, 1.82) is 0 Å². The third-order valence-corrected chi connectivity index (χ3v) is 9.86. The summed E-state index contributed by atoms with van der Waals surface area (Å²) < 4.78 is 66.3. The summed E-state index contributed by atoms with van der Waals surface area (Å²) in [5, 5.41) is 24.2. The van der Waals surface area contributed by atoms with Gasteiger partial charge in [-0.05, 0) is 60.7 Å². The lowest BCUT2D eigenvalue weighted by Gasteiger charge is -2.12. The highest BCUT2D eigenvalue weighted by Crippen LogP contribution is 2.37. The highest BCUT2D eigenvalue weighted by Gasteiger charge is 2.29. The summed E-state index contributed by atoms with van der Waals surface area (Å²) in [4.78, 5) is 83.9. The minimum atomic E-state index is -5.19. The van der Waals surface area contributed by atoms with E-state index in [0.717, 1.165) is 30.3 Å². The number of aromatic nitrogens is 4. The summed E-state index contributed by atoms with van der Waals surface area (Å²) in [7, 11) is 8.18. The number of halogens is 6. The molecule has 0 bridgehead atoms. The van der Waals surface area contributed by atoms with E-state index in [2.05, 4.69) is 19.4 Å². The average Bonchev–Trinajstić information content (AvgIpc) is 3.77. The van der Waals surface area contributed by atoms with Crippen LogP contribution in [0.1, 0.15) is 33.6 Å². The molecule has 21 heteroatoms. The van der Waals surface area contributed by atoms with E-state index in [0.29, 0.717) is 79.0 Å². The zero-order chi connectivity index (χ0) is 45.6. The molecule has 8 aromatic rings. The Morgan fingerprint density at radius 1 is 0.629 bits per heavy atom. The van der Waals surface area contributed by atoms with Crippen LogP contribution >= 0.6 is 0 Å². The molecule has 0 atom stereocenters. The Morgan fingerprint density at radius 2 is 1.03 bits per heavy atom. The van der Waals surface area contributed by atoms with Crippen LogP contribution in [-0.4, -0.2) is 103 Å². The molecular weight excluding hydrogens is 832 g/mol.